The second kappa shape index (κ2) is 12.9. The van der Waals surface area contributed by atoms with Crippen molar-refractivity contribution in [1.29, 1.82) is 0 Å². The van der Waals surface area contributed by atoms with Crippen LogP contribution < -0.4 is 20.7 Å². The number of aromatic amines is 1. The molecule has 4 N–H and O–H groups in total. The summed E-state index contributed by atoms with van der Waals surface area (Å²) in [7, 11) is 1.60. The summed E-state index contributed by atoms with van der Waals surface area (Å²) in [6.07, 6.45) is 3.38. The van der Waals surface area contributed by atoms with Crippen molar-refractivity contribution >= 4 is 52.7 Å². The Morgan fingerprint density at radius 2 is 1.84 bits per heavy atom. The Bertz CT molecular complexity index is 1710. The molecule has 13 nitrogen and oxygen atoms in total. The van der Waals surface area contributed by atoms with Gasteiger partial charge in [0, 0.05) is 74.9 Å². The molecular weight excluding hydrogens is 598 g/mol. The number of amides is 3. The van der Waals surface area contributed by atoms with Crippen molar-refractivity contribution in [2.24, 2.45) is 0 Å². The average molecular weight is 636 g/mol. The molecule has 0 aromatic carbocycles. The highest BCUT2D eigenvalue weighted by atomic mass is 35.5. The van der Waals surface area contributed by atoms with E-state index in [1.54, 1.807) is 26.3 Å². The lowest BCUT2D eigenvalue weighted by molar-refractivity contribution is -0.130. The van der Waals surface area contributed by atoms with Crippen LogP contribution in [0.4, 0.5) is 11.8 Å². The van der Waals surface area contributed by atoms with Crippen LogP contribution in [0.3, 0.4) is 0 Å². The van der Waals surface area contributed by atoms with Crippen LogP contribution in [0.25, 0.3) is 11.6 Å². The molecule has 0 radical (unpaired) electrons. The number of piperazine rings is 1. The SMILES string of the molecule is COc1c(C)cnc(CN2C(=O)C(=Cc3[nH]c(C)c(C(=O)NCCN4CCN(C(C)=O)CC4)c3C)c3c(Cl)nc(N)nc32)c1C. The zero-order valence-electron chi connectivity index (χ0n) is 26.4. The molecule has 3 aromatic rings. The maximum atomic E-state index is 14.0. The first kappa shape index (κ1) is 31.9. The van der Waals surface area contributed by atoms with E-state index in [0.29, 0.717) is 65.7 Å². The van der Waals surface area contributed by atoms with Gasteiger partial charge in [-0.15, -0.1) is 0 Å². The number of rotatable bonds is 8. The van der Waals surface area contributed by atoms with E-state index < -0.39 is 0 Å². The third-order valence-corrected chi connectivity index (χ3v) is 8.72. The number of aryl methyl sites for hydroxylation is 2. The molecule has 5 rings (SSSR count). The van der Waals surface area contributed by atoms with E-state index in [1.165, 1.54) is 4.90 Å². The molecule has 0 unspecified atom stereocenters. The van der Waals surface area contributed by atoms with Gasteiger partial charge in [0.2, 0.25) is 11.9 Å². The molecule has 3 amide bonds. The zero-order valence-corrected chi connectivity index (χ0v) is 27.1. The molecule has 0 bridgehead atoms. The summed E-state index contributed by atoms with van der Waals surface area (Å²) in [5.74, 6) is 0.442. The Morgan fingerprint density at radius 1 is 1.13 bits per heavy atom. The van der Waals surface area contributed by atoms with Gasteiger partial charge in [-0.1, -0.05) is 11.6 Å². The number of nitrogen functional groups attached to an aromatic ring is 1. The van der Waals surface area contributed by atoms with Crippen molar-refractivity contribution in [1.82, 2.24) is 35.1 Å². The van der Waals surface area contributed by atoms with Crippen molar-refractivity contribution in [3.8, 4) is 5.75 Å². The van der Waals surface area contributed by atoms with E-state index in [1.807, 2.05) is 32.6 Å². The van der Waals surface area contributed by atoms with Crippen molar-refractivity contribution in [2.45, 2.75) is 41.2 Å². The lowest BCUT2D eigenvalue weighted by Crippen LogP contribution is -2.49. The number of aromatic nitrogens is 4. The molecule has 0 saturated carbocycles. The van der Waals surface area contributed by atoms with Gasteiger partial charge in [-0.05, 0) is 39.3 Å². The second-order valence-electron chi connectivity index (χ2n) is 11.3. The Morgan fingerprint density at radius 3 is 2.51 bits per heavy atom. The fraction of sp³-hybridized carbons (Fsp3) is 0.419. The number of ether oxygens (including phenoxy) is 1. The van der Waals surface area contributed by atoms with Crippen LogP contribution in [0.2, 0.25) is 5.15 Å². The normalized spacial score (nSPS) is 16.0. The van der Waals surface area contributed by atoms with Gasteiger partial charge in [0.15, 0.2) is 5.82 Å². The number of carbonyl (C=O) groups is 3. The Labute approximate surface area is 266 Å². The number of fused-ring (bicyclic) bond motifs is 1. The molecule has 5 heterocycles. The predicted molar refractivity (Wildman–Crippen MR) is 172 cm³/mol. The summed E-state index contributed by atoms with van der Waals surface area (Å²) < 4.78 is 5.55. The summed E-state index contributed by atoms with van der Waals surface area (Å²) in [4.78, 5) is 60.6. The summed E-state index contributed by atoms with van der Waals surface area (Å²) in [6, 6.07) is 0. The number of methoxy groups -OCH3 is 1. The molecule has 1 fully saturated rings. The van der Waals surface area contributed by atoms with Gasteiger partial charge in [0.1, 0.15) is 10.9 Å². The maximum absolute atomic E-state index is 14.0. The fourth-order valence-electron chi connectivity index (χ4n) is 5.98. The Kier molecular flexibility index (Phi) is 9.12. The minimum Gasteiger partial charge on any atom is -0.496 e. The third-order valence-electron chi connectivity index (χ3n) is 8.44. The number of nitrogens with one attached hydrogen (secondary N) is 2. The number of pyridine rings is 1. The molecule has 238 valence electrons. The van der Waals surface area contributed by atoms with Gasteiger partial charge in [0.25, 0.3) is 11.8 Å². The van der Waals surface area contributed by atoms with Gasteiger partial charge in [-0.2, -0.15) is 4.98 Å². The lowest BCUT2D eigenvalue weighted by Gasteiger charge is -2.34. The van der Waals surface area contributed by atoms with Crippen LogP contribution in [0.5, 0.6) is 5.75 Å². The number of hydrogen-bond acceptors (Lipinski definition) is 9. The first-order valence-corrected chi connectivity index (χ1v) is 15.1. The summed E-state index contributed by atoms with van der Waals surface area (Å²) >= 11 is 6.56. The fourth-order valence-corrected chi connectivity index (χ4v) is 6.25. The number of H-pyrrole nitrogens is 1. The topological polar surface area (TPSA) is 163 Å². The van der Waals surface area contributed by atoms with Crippen LogP contribution in [-0.2, 0) is 16.1 Å². The summed E-state index contributed by atoms with van der Waals surface area (Å²) in [5, 5.41) is 3.06. The highest BCUT2D eigenvalue weighted by Gasteiger charge is 2.38. The van der Waals surface area contributed by atoms with E-state index in [9.17, 15) is 14.4 Å². The second-order valence-corrected chi connectivity index (χ2v) is 11.7. The predicted octanol–water partition coefficient (Wildman–Crippen LogP) is 2.66. The molecule has 2 aliphatic rings. The maximum Gasteiger partial charge on any atom is 0.260 e. The molecular formula is C31H38ClN9O4. The molecule has 0 spiro atoms. The van der Waals surface area contributed by atoms with Crippen LogP contribution in [0.1, 0.15) is 56.6 Å². The monoisotopic (exact) mass is 635 g/mol. The van der Waals surface area contributed by atoms with Crippen molar-refractivity contribution < 1.29 is 19.1 Å². The largest absolute Gasteiger partial charge is 0.496 e. The third kappa shape index (κ3) is 6.22. The minimum absolute atomic E-state index is 0.0498. The highest BCUT2D eigenvalue weighted by Crippen LogP contribution is 2.42. The Balaban J connectivity index is 1.38. The minimum atomic E-state index is -0.352. The van der Waals surface area contributed by atoms with Crippen LogP contribution in [0.15, 0.2) is 6.20 Å². The molecule has 0 aliphatic carbocycles. The number of nitrogens with two attached hydrogens (primary N) is 1. The van der Waals surface area contributed by atoms with Gasteiger partial charge < -0.3 is 25.7 Å². The zero-order chi connectivity index (χ0) is 32.6. The number of hydrogen-bond donors (Lipinski definition) is 3. The number of nitrogens with zero attached hydrogens (tertiary/aromatic N) is 6. The highest BCUT2D eigenvalue weighted by molar-refractivity contribution is 6.41. The molecule has 3 aromatic heterocycles. The first-order valence-electron chi connectivity index (χ1n) is 14.7. The molecule has 45 heavy (non-hydrogen) atoms. The van der Waals surface area contributed by atoms with E-state index in [2.05, 4.69) is 30.2 Å². The van der Waals surface area contributed by atoms with Crippen molar-refractivity contribution in [2.75, 3.05) is 57.0 Å². The lowest BCUT2D eigenvalue weighted by atomic mass is 10.1. The van der Waals surface area contributed by atoms with E-state index in [0.717, 1.165) is 24.2 Å². The van der Waals surface area contributed by atoms with Gasteiger partial charge in [-0.3, -0.25) is 29.2 Å². The molecule has 1 saturated heterocycles. The van der Waals surface area contributed by atoms with Gasteiger partial charge in [0.05, 0.1) is 36.0 Å². The Hall–Kier alpha value is -4.49. The molecule has 14 heteroatoms. The summed E-state index contributed by atoms with van der Waals surface area (Å²) in [5.41, 5.74) is 11.4. The standard InChI is InChI=1S/C31H38ClN9O4/c1-16-14-35-23(18(3)26(16)45-6)15-41-28-25(27(32)37-31(33)38-28)21(30(41)44)13-22-17(2)24(19(4)36-22)29(43)34-7-8-39-9-11-40(12-10-39)20(5)42/h13-14,36H,7-12,15H2,1-6H3,(H,34,43)(H2,33,37,38). The van der Waals surface area contributed by atoms with E-state index in [-0.39, 0.29) is 46.8 Å². The number of anilines is 2. The summed E-state index contributed by atoms with van der Waals surface area (Å²) in [6.45, 7) is 13.2. The molecule has 2 aliphatic heterocycles. The van der Waals surface area contributed by atoms with E-state index in [4.69, 9.17) is 22.1 Å². The average Bonchev–Trinajstić information content (AvgIpc) is 3.41. The quantitative estimate of drug-likeness (QED) is 0.249. The van der Waals surface area contributed by atoms with Crippen molar-refractivity contribution in [3.05, 3.63) is 56.2 Å². The smallest absolute Gasteiger partial charge is 0.260 e. The van der Waals surface area contributed by atoms with Gasteiger partial charge >= 0.3 is 0 Å². The first-order chi connectivity index (χ1) is 21.4. The van der Waals surface area contributed by atoms with E-state index >= 15 is 0 Å². The molecule has 0 atom stereocenters. The van der Waals surface area contributed by atoms with Crippen LogP contribution in [-0.4, -0.2) is 93.8 Å². The van der Waals surface area contributed by atoms with Crippen LogP contribution in [0, 0.1) is 27.7 Å². The number of halogens is 1. The van der Waals surface area contributed by atoms with Gasteiger partial charge in [-0.25, -0.2) is 4.98 Å². The van der Waals surface area contributed by atoms with Crippen LogP contribution >= 0.6 is 11.6 Å². The number of carbonyl (C=O) groups excluding carboxylic acids is 3. The van der Waals surface area contributed by atoms with Crippen molar-refractivity contribution in [3.63, 3.8) is 0 Å².